The Bertz CT molecular complexity index is 1230. The summed E-state index contributed by atoms with van der Waals surface area (Å²) in [4.78, 5) is 19.1. The number of nitrogens with two attached hydrogens (primary N) is 2. The predicted octanol–water partition coefficient (Wildman–Crippen LogP) is 11.2. The summed E-state index contributed by atoms with van der Waals surface area (Å²) in [5.41, 5.74) is 13.2. The first kappa shape index (κ1) is 46.0. The Labute approximate surface area is 288 Å². The molecular formula is C32H44Cl2N5O2Pt2-3. The van der Waals surface area contributed by atoms with E-state index in [1.165, 1.54) is 46.7 Å². The van der Waals surface area contributed by atoms with E-state index in [0.29, 0.717) is 5.92 Å². The Morgan fingerprint density at radius 3 is 1.79 bits per heavy atom. The molecule has 246 valence electrons. The molecule has 0 bridgehead atoms. The SMILES string of the molecule is Cc1c(C)c2cccnc2c2ncccc12.O=C(O)CCCc1ccccc1.[CH2-]C1CCCCC1[NH-].[CH3-].[Cl][Pt][Cl].[NH2-].[NH2-].[Pt+2]. The third-order valence-corrected chi connectivity index (χ3v) is 6.82. The van der Waals surface area contributed by atoms with E-state index in [4.69, 9.17) is 29.7 Å². The van der Waals surface area contributed by atoms with Gasteiger partial charge in [-0.25, -0.2) is 0 Å². The van der Waals surface area contributed by atoms with Crippen LogP contribution in [0.25, 0.3) is 39.8 Å². The summed E-state index contributed by atoms with van der Waals surface area (Å²) in [5, 5.41) is 10.8. The van der Waals surface area contributed by atoms with Gasteiger partial charge in [0.2, 0.25) is 0 Å². The maximum Gasteiger partial charge on any atom is 2.00 e. The number of hydrogen-bond donors (Lipinski definition) is 1. The van der Waals surface area contributed by atoms with Crippen LogP contribution in [0, 0.1) is 34.1 Å². The summed E-state index contributed by atoms with van der Waals surface area (Å²) in [6.45, 7) is 8.18. The number of halogens is 2. The standard InChI is InChI=1S/C14H12N2.C10H12O2.C7H13N.CH3.2ClH.2H2N.2Pt/c1-9-10(2)12-6-4-8-16-14(12)13-11(9)5-3-7-15-13;11-10(12)8-4-7-9-5-2-1-3-6-9;1-6-4-2-3-5-7(6)8;;;;;;;/h3-8H,1-2H3;1-3,5-6H,4,7-8H2,(H,11,12);6-8H,1-5H2;1H3;2*1H;2*1H2;;/q;;-2;-1;;;2*-1;2*+2/p-2. The fourth-order valence-corrected chi connectivity index (χ4v) is 4.49. The first-order chi connectivity index (χ1) is 18.8. The molecule has 11 heteroatoms. The van der Waals surface area contributed by atoms with E-state index in [2.05, 4.69) is 42.9 Å². The predicted molar refractivity (Wildman–Crippen MR) is 178 cm³/mol. The van der Waals surface area contributed by atoms with Crippen molar-refractivity contribution in [2.24, 2.45) is 5.92 Å². The number of aromatic nitrogens is 2. The van der Waals surface area contributed by atoms with Crippen molar-refractivity contribution in [1.82, 2.24) is 9.97 Å². The van der Waals surface area contributed by atoms with Gasteiger partial charge in [0.1, 0.15) is 0 Å². The maximum absolute atomic E-state index is 10.2. The number of rotatable bonds is 4. The number of carboxylic acids is 1. The number of pyridine rings is 2. The first-order valence-corrected chi connectivity index (χ1v) is 18.6. The summed E-state index contributed by atoms with van der Waals surface area (Å²) in [7, 11) is 9.75. The van der Waals surface area contributed by atoms with Gasteiger partial charge in [-0.05, 0) is 55.5 Å². The maximum atomic E-state index is 10.2. The first-order valence-electron chi connectivity index (χ1n) is 13.0. The minimum atomic E-state index is -0.717. The molecule has 0 saturated heterocycles. The number of aryl methyl sites for hydroxylation is 3. The van der Waals surface area contributed by atoms with Gasteiger partial charge in [-0.1, -0.05) is 68.1 Å². The molecule has 2 unspecified atom stereocenters. The van der Waals surface area contributed by atoms with Gasteiger partial charge >= 0.3 is 62.4 Å². The van der Waals surface area contributed by atoms with Crippen molar-refractivity contribution in [3.05, 3.63) is 116 Å². The number of benzene rings is 2. The Morgan fingerprint density at radius 1 is 0.930 bits per heavy atom. The Balaban J connectivity index is -0.000000533. The zero-order chi connectivity index (χ0) is 28.6. The average molecular weight is 992 g/mol. The fourth-order valence-electron chi connectivity index (χ4n) is 4.49. The van der Waals surface area contributed by atoms with E-state index < -0.39 is 22.5 Å². The van der Waals surface area contributed by atoms with E-state index in [0.717, 1.165) is 30.3 Å². The molecule has 1 aliphatic carbocycles. The van der Waals surface area contributed by atoms with Crippen molar-refractivity contribution in [1.29, 1.82) is 0 Å². The molecular weight excluding hydrogens is 947 g/mol. The second-order valence-electron chi connectivity index (χ2n) is 9.48. The van der Waals surface area contributed by atoms with Crippen LogP contribution in [-0.4, -0.2) is 27.1 Å². The van der Waals surface area contributed by atoms with Crippen LogP contribution >= 0.6 is 18.8 Å². The largest absolute Gasteiger partial charge is 2.00 e. The van der Waals surface area contributed by atoms with Gasteiger partial charge in [0.25, 0.3) is 0 Å². The molecule has 7 nitrogen and oxygen atoms in total. The van der Waals surface area contributed by atoms with Crippen LogP contribution in [0.1, 0.15) is 55.2 Å². The molecule has 1 aliphatic rings. The molecule has 6 N–H and O–H groups in total. The van der Waals surface area contributed by atoms with Crippen LogP contribution in [0.4, 0.5) is 0 Å². The Hall–Kier alpha value is -1.43. The van der Waals surface area contributed by atoms with Crippen molar-refractivity contribution < 1.29 is 47.4 Å². The molecule has 2 aromatic carbocycles. The van der Waals surface area contributed by atoms with E-state index in [9.17, 15) is 4.79 Å². The summed E-state index contributed by atoms with van der Waals surface area (Å²) in [5.74, 6) is -0.297. The molecule has 0 aliphatic heterocycles. The molecule has 2 atom stereocenters. The van der Waals surface area contributed by atoms with Crippen molar-refractivity contribution in [2.45, 2.75) is 64.8 Å². The van der Waals surface area contributed by atoms with Gasteiger partial charge in [0.05, 0.1) is 11.0 Å². The van der Waals surface area contributed by atoms with E-state index in [1.54, 1.807) is 0 Å². The summed E-state index contributed by atoms with van der Waals surface area (Å²) in [6, 6.07) is 18.2. The smallest absolute Gasteiger partial charge is 0.693 e. The second-order valence-corrected chi connectivity index (χ2v) is 12.8. The minimum absolute atomic E-state index is 0. The molecule has 2 aromatic heterocycles. The van der Waals surface area contributed by atoms with Gasteiger partial charge in [0.15, 0.2) is 0 Å². The number of nitrogens with one attached hydrogen (secondary N) is 1. The number of hydrogen-bond acceptors (Lipinski definition) is 3. The molecule has 5 rings (SSSR count). The number of carbonyl (C=O) groups is 1. The monoisotopic (exact) mass is 990 g/mol. The van der Waals surface area contributed by atoms with Crippen LogP contribution < -0.4 is 0 Å². The quantitative estimate of drug-likeness (QED) is 0.160. The average Bonchev–Trinajstić information content (AvgIpc) is 2.95. The minimum Gasteiger partial charge on any atom is -0.693 e. The zero-order valence-corrected chi connectivity index (χ0v) is 31.0. The van der Waals surface area contributed by atoms with Crippen LogP contribution in [0.3, 0.4) is 0 Å². The topological polar surface area (TPSA) is 154 Å². The molecule has 0 spiro atoms. The van der Waals surface area contributed by atoms with Gasteiger partial charge in [0, 0.05) is 29.6 Å². The van der Waals surface area contributed by atoms with Crippen molar-refractivity contribution in [2.75, 3.05) is 0 Å². The van der Waals surface area contributed by atoms with E-state index in [-0.39, 0.29) is 53.3 Å². The third-order valence-electron chi connectivity index (χ3n) is 6.82. The normalized spacial score (nSPS) is 14.7. The molecule has 2 heterocycles. The van der Waals surface area contributed by atoms with Crippen LogP contribution in [0.15, 0.2) is 67.0 Å². The number of fused-ring (bicyclic) bond motifs is 3. The molecule has 4 aromatic rings. The summed E-state index contributed by atoms with van der Waals surface area (Å²) < 4.78 is 0. The van der Waals surface area contributed by atoms with Crippen LogP contribution in [0.2, 0.25) is 0 Å². The summed E-state index contributed by atoms with van der Waals surface area (Å²) in [6.07, 6.45) is 10.3. The van der Waals surface area contributed by atoms with Gasteiger partial charge in [-0.15, -0.1) is 0 Å². The van der Waals surface area contributed by atoms with E-state index >= 15 is 0 Å². The van der Waals surface area contributed by atoms with E-state index in [1.807, 2.05) is 54.9 Å². The van der Waals surface area contributed by atoms with Crippen LogP contribution in [0.5, 0.6) is 0 Å². The fraction of sp³-hybridized carbons (Fsp3) is 0.344. The second kappa shape index (κ2) is 25.8. The van der Waals surface area contributed by atoms with Gasteiger partial charge in [-0.2, -0.15) is 12.0 Å². The van der Waals surface area contributed by atoms with Crippen molar-refractivity contribution in [3.8, 4) is 0 Å². The van der Waals surface area contributed by atoms with Crippen molar-refractivity contribution >= 4 is 46.6 Å². The molecule has 0 amide bonds. The Kier molecular flexibility index (Phi) is 27.6. The zero-order valence-electron chi connectivity index (χ0n) is 25.0. The molecule has 1 fully saturated rings. The third kappa shape index (κ3) is 15.9. The number of nitrogens with zero attached hydrogens (tertiary/aromatic N) is 2. The van der Waals surface area contributed by atoms with Crippen molar-refractivity contribution in [3.63, 3.8) is 0 Å². The molecule has 43 heavy (non-hydrogen) atoms. The number of carboxylic acid groups (broad SMARTS) is 1. The van der Waals surface area contributed by atoms with Gasteiger partial charge in [-0.3, -0.25) is 14.8 Å². The summed E-state index contributed by atoms with van der Waals surface area (Å²) >= 11 is -0.472. The van der Waals surface area contributed by atoms with Crippen LogP contribution in [-0.2, 0) is 48.8 Å². The Morgan fingerprint density at radius 2 is 1.40 bits per heavy atom. The molecule has 0 radical (unpaired) electrons. The molecule has 1 saturated carbocycles. The van der Waals surface area contributed by atoms with Gasteiger partial charge < -0.3 is 37.5 Å². The number of aliphatic carboxylic acids is 1.